The summed E-state index contributed by atoms with van der Waals surface area (Å²) in [5.41, 5.74) is 0. The molecular formula is C11H20N2O3. The van der Waals surface area contributed by atoms with Gasteiger partial charge in [-0.25, -0.2) is 5.06 Å². The first kappa shape index (κ1) is 11.8. The quantitative estimate of drug-likeness (QED) is 0.650. The lowest BCUT2D eigenvalue weighted by atomic mass is 9.98. The smallest absolute Gasteiger partial charge is 0.263 e. The van der Waals surface area contributed by atoms with Gasteiger partial charge in [0, 0.05) is 7.05 Å². The fourth-order valence-corrected chi connectivity index (χ4v) is 2.37. The van der Waals surface area contributed by atoms with Gasteiger partial charge in [0.15, 0.2) is 0 Å². The standard InChI is InChI=1S/C11H20N2O3/c1-12(15-2)11(14)10-5-3-4-6-13(10)9-7-16-8-9/h9-10H,3-8H2,1-2H3. The molecule has 2 heterocycles. The summed E-state index contributed by atoms with van der Waals surface area (Å²) in [5, 5.41) is 1.34. The number of carbonyl (C=O) groups excluding carboxylic acids is 1. The van der Waals surface area contributed by atoms with Crippen molar-refractivity contribution in [3.63, 3.8) is 0 Å². The van der Waals surface area contributed by atoms with Gasteiger partial charge in [0.25, 0.3) is 5.91 Å². The van der Waals surface area contributed by atoms with Gasteiger partial charge in [0.05, 0.1) is 32.4 Å². The van der Waals surface area contributed by atoms with Gasteiger partial charge in [-0.3, -0.25) is 14.5 Å². The van der Waals surface area contributed by atoms with Crippen LogP contribution in [0.15, 0.2) is 0 Å². The van der Waals surface area contributed by atoms with Gasteiger partial charge in [-0.1, -0.05) is 6.42 Å². The number of hydrogen-bond acceptors (Lipinski definition) is 4. The Hall–Kier alpha value is -0.650. The fraction of sp³-hybridized carbons (Fsp3) is 0.909. The molecule has 2 saturated heterocycles. The summed E-state index contributed by atoms with van der Waals surface area (Å²) in [6.45, 7) is 2.53. The average molecular weight is 228 g/mol. The van der Waals surface area contributed by atoms with E-state index in [2.05, 4.69) is 4.90 Å². The molecule has 5 heteroatoms. The summed E-state index contributed by atoms with van der Waals surface area (Å²) in [5.74, 6) is 0.0640. The SMILES string of the molecule is CON(C)C(=O)C1CCCCN1C1COC1. The Morgan fingerprint density at radius 1 is 1.44 bits per heavy atom. The van der Waals surface area contributed by atoms with Gasteiger partial charge in [-0.15, -0.1) is 0 Å². The van der Waals surface area contributed by atoms with Crippen molar-refractivity contribution < 1.29 is 14.4 Å². The topological polar surface area (TPSA) is 42.0 Å². The van der Waals surface area contributed by atoms with Crippen LogP contribution < -0.4 is 0 Å². The molecule has 0 aromatic heterocycles. The monoisotopic (exact) mass is 228 g/mol. The second-order valence-corrected chi connectivity index (χ2v) is 4.46. The van der Waals surface area contributed by atoms with Crippen LogP contribution in [0, 0.1) is 0 Å². The maximum atomic E-state index is 12.1. The first-order valence-corrected chi connectivity index (χ1v) is 5.89. The average Bonchev–Trinajstić information content (AvgIpc) is 2.25. The normalized spacial score (nSPS) is 27.5. The van der Waals surface area contributed by atoms with Crippen molar-refractivity contribution in [2.75, 3.05) is 33.9 Å². The molecule has 16 heavy (non-hydrogen) atoms. The van der Waals surface area contributed by atoms with Crippen LogP contribution in [0.2, 0.25) is 0 Å². The highest BCUT2D eigenvalue weighted by atomic mass is 16.7. The number of likely N-dealkylation sites (N-methyl/N-ethyl adjacent to an activating group) is 1. The van der Waals surface area contributed by atoms with Gasteiger partial charge in [0.1, 0.15) is 0 Å². The van der Waals surface area contributed by atoms with Crippen molar-refractivity contribution >= 4 is 5.91 Å². The molecule has 92 valence electrons. The molecule has 0 aromatic carbocycles. The van der Waals surface area contributed by atoms with E-state index in [-0.39, 0.29) is 11.9 Å². The Labute approximate surface area is 96.2 Å². The number of rotatable bonds is 3. The van der Waals surface area contributed by atoms with Crippen molar-refractivity contribution in [1.82, 2.24) is 9.96 Å². The molecule has 0 radical (unpaired) electrons. The van der Waals surface area contributed by atoms with Gasteiger partial charge in [0.2, 0.25) is 0 Å². The minimum atomic E-state index is -0.0207. The summed E-state index contributed by atoms with van der Waals surface area (Å²) in [7, 11) is 3.20. The number of likely N-dealkylation sites (tertiary alicyclic amines) is 1. The van der Waals surface area contributed by atoms with E-state index in [1.807, 2.05) is 0 Å². The van der Waals surface area contributed by atoms with Crippen molar-refractivity contribution in [1.29, 1.82) is 0 Å². The summed E-state index contributed by atoms with van der Waals surface area (Å²) < 4.78 is 5.21. The van der Waals surface area contributed by atoms with Gasteiger partial charge < -0.3 is 4.74 Å². The van der Waals surface area contributed by atoms with Crippen LogP contribution in [0.25, 0.3) is 0 Å². The van der Waals surface area contributed by atoms with E-state index in [1.165, 1.54) is 18.6 Å². The third-order valence-corrected chi connectivity index (χ3v) is 3.50. The molecular weight excluding hydrogens is 208 g/mol. The Morgan fingerprint density at radius 3 is 2.75 bits per heavy atom. The van der Waals surface area contributed by atoms with E-state index in [1.54, 1.807) is 7.05 Å². The predicted molar refractivity (Wildman–Crippen MR) is 58.7 cm³/mol. The zero-order chi connectivity index (χ0) is 11.5. The highest BCUT2D eigenvalue weighted by Gasteiger charge is 2.37. The number of hydrogen-bond donors (Lipinski definition) is 0. The number of ether oxygens (including phenoxy) is 1. The zero-order valence-electron chi connectivity index (χ0n) is 10.0. The number of carbonyl (C=O) groups is 1. The van der Waals surface area contributed by atoms with Crippen molar-refractivity contribution in [2.24, 2.45) is 0 Å². The highest BCUT2D eigenvalue weighted by Crippen LogP contribution is 2.24. The Kier molecular flexibility index (Phi) is 3.78. The number of hydroxylamine groups is 2. The second-order valence-electron chi connectivity index (χ2n) is 4.46. The Bertz CT molecular complexity index is 256. The van der Waals surface area contributed by atoms with Gasteiger partial charge in [-0.05, 0) is 19.4 Å². The predicted octanol–water partition coefficient (Wildman–Crippen LogP) is 0.260. The van der Waals surface area contributed by atoms with E-state index in [4.69, 9.17) is 9.57 Å². The summed E-state index contributed by atoms with van der Waals surface area (Å²) in [6, 6.07) is 0.409. The van der Waals surface area contributed by atoms with Crippen molar-refractivity contribution in [3.8, 4) is 0 Å². The third kappa shape index (κ3) is 2.21. The molecule has 1 unspecified atom stereocenters. The molecule has 0 bridgehead atoms. The molecule has 0 aromatic rings. The number of piperidine rings is 1. The van der Waals surface area contributed by atoms with Gasteiger partial charge in [-0.2, -0.15) is 0 Å². The second kappa shape index (κ2) is 5.12. The first-order chi connectivity index (χ1) is 7.74. The highest BCUT2D eigenvalue weighted by molar-refractivity contribution is 5.80. The maximum absolute atomic E-state index is 12.1. The van der Waals surface area contributed by atoms with Crippen molar-refractivity contribution in [2.45, 2.75) is 31.3 Å². The van der Waals surface area contributed by atoms with E-state index in [0.717, 1.165) is 32.6 Å². The largest absolute Gasteiger partial charge is 0.378 e. The van der Waals surface area contributed by atoms with E-state index in [9.17, 15) is 4.79 Å². The molecule has 0 saturated carbocycles. The lowest BCUT2D eigenvalue weighted by Crippen LogP contribution is -2.59. The molecule has 0 N–H and O–H groups in total. The molecule has 0 aliphatic carbocycles. The van der Waals surface area contributed by atoms with Crippen LogP contribution in [0.4, 0.5) is 0 Å². The Balaban J connectivity index is 2.00. The summed E-state index contributed by atoms with van der Waals surface area (Å²) >= 11 is 0. The van der Waals surface area contributed by atoms with Crippen LogP contribution in [-0.2, 0) is 14.4 Å². The molecule has 1 atom stereocenters. The van der Waals surface area contributed by atoms with E-state index >= 15 is 0 Å². The van der Waals surface area contributed by atoms with Crippen LogP contribution >= 0.6 is 0 Å². The summed E-state index contributed by atoms with van der Waals surface area (Å²) in [4.78, 5) is 19.4. The number of nitrogens with zero attached hydrogens (tertiary/aromatic N) is 2. The summed E-state index contributed by atoms with van der Waals surface area (Å²) in [6.07, 6.45) is 3.23. The maximum Gasteiger partial charge on any atom is 0.263 e. The molecule has 0 spiro atoms. The zero-order valence-corrected chi connectivity index (χ0v) is 10.0. The molecule has 1 amide bonds. The minimum absolute atomic E-state index is 0.0207. The minimum Gasteiger partial charge on any atom is -0.378 e. The fourth-order valence-electron chi connectivity index (χ4n) is 2.37. The third-order valence-electron chi connectivity index (χ3n) is 3.50. The molecule has 2 aliphatic rings. The lowest BCUT2D eigenvalue weighted by molar-refractivity contribution is -0.181. The molecule has 2 aliphatic heterocycles. The molecule has 2 rings (SSSR count). The molecule has 5 nitrogen and oxygen atoms in total. The van der Waals surface area contributed by atoms with E-state index in [0.29, 0.717) is 6.04 Å². The Morgan fingerprint density at radius 2 is 2.19 bits per heavy atom. The van der Waals surface area contributed by atoms with Gasteiger partial charge >= 0.3 is 0 Å². The lowest BCUT2D eigenvalue weighted by Gasteiger charge is -2.44. The molecule has 2 fully saturated rings. The van der Waals surface area contributed by atoms with Crippen LogP contribution in [-0.4, -0.2) is 61.9 Å². The van der Waals surface area contributed by atoms with Crippen molar-refractivity contribution in [3.05, 3.63) is 0 Å². The van der Waals surface area contributed by atoms with Crippen LogP contribution in [0.3, 0.4) is 0 Å². The van der Waals surface area contributed by atoms with Crippen LogP contribution in [0.5, 0.6) is 0 Å². The first-order valence-electron chi connectivity index (χ1n) is 5.89. The van der Waals surface area contributed by atoms with Crippen LogP contribution in [0.1, 0.15) is 19.3 Å². The number of amides is 1. The van der Waals surface area contributed by atoms with E-state index < -0.39 is 0 Å².